The van der Waals surface area contributed by atoms with Crippen LogP contribution in [-0.4, -0.2) is 31.0 Å². The summed E-state index contributed by atoms with van der Waals surface area (Å²) in [5.41, 5.74) is 1.88. The summed E-state index contributed by atoms with van der Waals surface area (Å²) in [6, 6.07) is 10.8. The number of carbonyl (C=O) groups is 2. The fraction of sp³-hybridized carbons (Fsp3) is 0.200. The molecule has 0 spiro atoms. The molecule has 134 valence electrons. The van der Waals surface area contributed by atoms with Gasteiger partial charge in [-0.3, -0.25) is 4.79 Å². The Morgan fingerprint density at radius 1 is 1.19 bits per heavy atom. The van der Waals surface area contributed by atoms with E-state index in [1.54, 1.807) is 50.6 Å². The molecular formula is C20H19NO5. The van der Waals surface area contributed by atoms with Crippen molar-refractivity contribution in [1.29, 1.82) is 0 Å². The zero-order chi connectivity index (χ0) is 18.7. The normalized spacial score (nSPS) is 15.7. The highest BCUT2D eigenvalue weighted by Crippen LogP contribution is 2.33. The van der Waals surface area contributed by atoms with Crippen molar-refractivity contribution in [2.24, 2.45) is 0 Å². The molecule has 0 atom stereocenters. The maximum absolute atomic E-state index is 12.9. The Morgan fingerprint density at radius 3 is 2.50 bits per heavy atom. The SMILES string of the molecule is COC(=O)C1=C(C)N(Cc2ccco2)C(=O)/C1=C\c1ccc(OC)cc1. The largest absolute Gasteiger partial charge is 0.497 e. The van der Waals surface area contributed by atoms with Crippen molar-refractivity contribution < 1.29 is 23.5 Å². The summed E-state index contributed by atoms with van der Waals surface area (Å²) in [6.07, 6.45) is 3.23. The molecule has 6 heteroatoms. The third-order valence-electron chi connectivity index (χ3n) is 4.22. The molecular weight excluding hydrogens is 334 g/mol. The number of methoxy groups -OCH3 is 2. The highest BCUT2D eigenvalue weighted by molar-refractivity contribution is 6.16. The molecule has 1 amide bonds. The van der Waals surface area contributed by atoms with Crippen molar-refractivity contribution in [1.82, 2.24) is 4.90 Å². The molecule has 0 saturated heterocycles. The van der Waals surface area contributed by atoms with Crippen molar-refractivity contribution in [2.75, 3.05) is 14.2 Å². The summed E-state index contributed by atoms with van der Waals surface area (Å²) in [5.74, 6) is 0.532. The van der Waals surface area contributed by atoms with Crippen molar-refractivity contribution >= 4 is 18.0 Å². The van der Waals surface area contributed by atoms with E-state index >= 15 is 0 Å². The molecule has 0 fully saturated rings. The smallest absolute Gasteiger partial charge is 0.340 e. The highest BCUT2D eigenvalue weighted by atomic mass is 16.5. The predicted molar refractivity (Wildman–Crippen MR) is 94.9 cm³/mol. The first-order valence-corrected chi connectivity index (χ1v) is 8.04. The number of benzene rings is 1. The lowest BCUT2D eigenvalue weighted by atomic mass is 10.0. The summed E-state index contributed by atoms with van der Waals surface area (Å²) < 4.78 is 15.3. The van der Waals surface area contributed by atoms with Crippen molar-refractivity contribution in [3.05, 3.63) is 70.8 Å². The summed E-state index contributed by atoms with van der Waals surface area (Å²) in [4.78, 5) is 26.7. The van der Waals surface area contributed by atoms with E-state index in [2.05, 4.69) is 0 Å². The van der Waals surface area contributed by atoms with Gasteiger partial charge in [0, 0.05) is 5.70 Å². The van der Waals surface area contributed by atoms with E-state index in [1.807, 2.05) is 12.1 Å². The Bertz CT molecular complexity index is 875. The van der Waals surface area contributed by atoms with Gasteiger partial charge in [0.05, 0.1) is 38.2 Å². The summed E-state index contributed by atoms with van der Waals surface area (Å²) >= 11 is 0. The van der Waals surface area contributed by atoms with Gasteiger partial charge >= 0.3 is 5.97 Å². The predicted octanol–water partition coefficient (Wildman–Crippen LogP) is 3.16. The maximum atomic E-state index is 12.9. The monoisotopic (exact) mass is 353 g/mol. The number of ether oxygens (including phenoxy) is 2. The second-order valence-electron chi connectivity index (χ2n) is 5.75. The van der Waals surface area contributed by atoms with Crippen LogP contribution in [0.1, 0.15) is 18.2 Å². The summed E-state index contributed by atoms with van der Waals surface area (Å²) in [5, 5.41) is 0. The Kier molecular flexibility index (Phi) is 4.93. The van der Waals surface area contributed by atoms with E-state index in [0.29, 0.717) is 22.8 Å². The topological polar surface area (TPSA) is 69.0 Å². The number of allylic oxidation sites excluding steroid dienone is 1. The molecule has 3 rings (SSSR count). The van der Waals surface area contributed by atoms with E-state index < -0.39 is 5.97 Å². The summed E-state index contributed by atoms with van der Waals surface area (Å²) in [7, 11) is 2.88. The van der Waals surface area contributed by atoms with Gasteiger partial charge in [0.2, 0.25) is 0 Å². The average Bonchev–Trinajstić information content (AvgIpc) is 3.25. The number of rotatable bonds is 5. The minimum atomic E-state index is -0.544. The van der Waals surface area contributed by atoms with Crippen molar-refractivity contribution in [3.63, 3.8) is 0 Å². The quantitative estimate of drug-likeness (QED) is 0.610. The van der Waals surface area contributed by atoms with Crippen LogP contribution in [-0.2, 0) is 20.9 Å². The fourth-order valence-electron chi connectivity index (χ4n) is 2.84. The van der Waals surface area contributed by atoms with E-state index in [9.17, 15) is 9.59 Å². The lowest BCUT2D eigenvalue weighted by molar-refractivity contribution is -0.136. The standard InChI is InChI=1S/C20H19NO5/c1-13-18(20(23)25-3)17(11-14-6-8-15(24-2)9-7-14)19(22)21(13)12-16-5-4-10-26-16/h4-11H,12H2,1-3H3/b17-11-. The zero-order valence-electron chi connectivity index (χ0n) is 14.8. The van der Waals surface area contributed by atoms with Crippen LogP contribution in [0.3, 0.4) is 0 Å². The van der Waals surface area contributed by atoms with Gasteiger partial charge < -0.3 is 18.8 Å². The Labute approximate surface area is 151 Å². The van der Waals surface area contributed by atoms with Crippen LogP contribution in [0.25, 0.3) is 6.08 Å². The molecule has 0 saturated carbocycles. The van der Waals surface area contributed by atoms with Gasteiger partial charge in [0.15, 0.2) is 0 Å². The molecule has 2 aromatic rings. The maximum Gasteiger partial charge on any atom is 0.340 e. The van der Waals surface area contributed by atoms with Gasteiger partial charge in [-0.25, -0.2) is 4.79 Å². The lowest BCUT2D eigenvalue weighted by Crippen LogP contribution is -2.24. The number of amides is 1. The number of hydrogen-bond donors (Lipinski definition) is 0. The summed E-state index contributed by atoms with van der Waals surface area (Å²) in [6.45, 7) is 1.97. The number of carbonyl (C=O) groups excluding carboxylic acids is 2. The molecule has 0 N–H and O–H groups in total. The minimum absolute atomic E-state index is 0.248. The first-order chi connectivity index (χ1) is 12.5. The number of esters is 1. The van der Waals surface area contributed by atoms with Crippen molar-refractivity contribution in [2.45, 2.75) is 13.5 Å². The van der Waals surface area contributed by atoms with Gasteiger partial charge in [0.25, 0.3) is 5.91 Å². The van der Waals surface area contributed by atoms with E-state index in [-0.39, 0.29) is 18.0 Å². The number of nitrogens with zero attached hydrogens (tertiary/aromatic N) is 1. The highest BCUT2D eigenvalue weighted by Gasteiger charge is 2.37. The molecule has 2 heterocycles. The molecule has 1 aromatic carbocycles. The van der Waals surface area contributed by atoms with Gasteiger partial charge in [-0.1, -0.05) is 12.1 Å². The van der Waals surface area contributed by atoms with Gasteiger partial charge in [-0.05, 0) is 42.8 Å². The van der Waals surface area contributed by atoms with Gasteiger partial charge in [-0.15, -0.1) is 0 Å². The zero-order valence-corrected chi connectivity index (χ0v) is 14.8. The van der Waals surface area contributed by atoms with Gasteiger partial charge in [-0.2, -0.15) is 0 Å². The van der Waals surface area contributed by atoms with Crippen LogP contribution in [0.5, 0.6) is 5.75 Å². The van der Waals surface area contributed by atoms with Crippen LogP contribution in [0.4, 0.5) is 0 Å². The Hall–Kier alpha value is -3.28. The van der Waals surface area contributed by atoms with Crippen LogP contribution in [0.15, 0.2) is 63.9 Å². The van der Waals surface area contributed by atoms with Crippen molar-refractivity contribution in [3.8, 4) is 5.75 Å². The Morgan fingerprint density at radius 2 is 1.92 bits per heavy atom. The number of hydrogen-bond acceptors (Lipinski definition) is 5. The molecule has 0 bridgehead atoms. The molecule has 1 aliphatic rings. The molecule has 1 aromatic heterocycles. The first kappa shape index (κ1) is 17.5. The first-order valence-electron chi connectivity index (χ1n) is 8.04. The van der Waals surface area contributed by atoms with Gasteiger partial charge in [0.1, 0.15) is 11.5 Å². The molecule has 6 nitrogen and oxygen atoms in total. The van der Waals surface area contributed by atoms with E-state index in [0.717, 1.165) is 5.56 Å². The fourth-order valence-corrected chi connectivity index (χ4v) is 2.84. The second kappa shape index (κ2) is 7.31. The second-order valence-corrected chi connectivity index (χ2v) is 5.75. The van der Waals surface area contributed by atoms with Crippen LogP contribution in [0.2, 0.25) is 0 Å². The van der Waals surface area contributed by atoms with Crippen LogP contribution < -0.4 is 4.74 Å². The average molecular weight is 353 g/mol. The molecule has 0 unspecified atom stereocenters. The lowest BCUT2D eigenvalue weighted by Gasteiger charge is -2.16. The molecule has 0 aliphatic carbocycles. The number of furan rings is 1. The molecule has 0 radical (unpaired) electrons. The van der Waals surface area contributed by atoms with E-state index in [1.165, 1.54) is 12.0 Å². The third-order valence-corrected chi connectivity index (χ3v) is 4.22. The van der Waals surface area contributed by atoms with Crippen LogP contribution in [0, 0.1) is 0 Å². The third kappa shape index (κ3) is 3.26. The Balaban J connectivity index is 2.00. The molecule has 1 aliphatic heterocycles. The minimum Gasteiger partial charge on any atom is -0.497 e. The molecule has 26 heavy (non-hydrogen) atoms. The van der Waals surface area contributed by atoms with Crippen LogP contribution >= 0.6 is 0 Å². The van der Waals surface area contributed by atoms with E-state index in [4.69, 9.17) is 13.9 Å².